The second-order valence-electron chi connectivity index (χ2n) is 28.4. The number of aromatic nitrogens is 20. The lowest BCUT2D eigenvalue weighted by Gasteiger charge is -2.17. The van der Waals surface area contributed by atoms with Crippen LogP contribution in [0.4, 0.5) is 40.8 Å². The number of hydrogen-bond donors (Lipinski definition) is 16. The number of nitrogens with one attached hydrogen (secondary N) is 4. The van der Waals surface area contributed by atoms with E-state index in [0.29, 0.717) is 0 Å². The molecule has 8 saturated carbocycles. The SMILES string of the molecule is [2H]c1c([2H])c([C@]2([2H])C([2H])([2H])[C@@]2([2H])Nc2nc(SC([2H])([2H])C([2H])([2H])C)nc3c2nnn3[C@]2([2H])C([2H])([2H])[C@]([2H])(OC([2H])([2H])C([2H])([2H])O)[C@@]([2H])(O)[C@@]2([2H])O)c([2H])c(F)c1C.[2H]c1c([2H])c([C@]2([2H])C([2H])([2H])[C@@]2([2H])Nc2nc(SC([2H])([2H])C([2H])([2H])C)nc3c2nnn3[C@]2([2H])C([2H])([2H])[C@]([2H])(OC([2H])([2H])CO)[C@@]([2H])(O)[C@@]2([2H])O)c([2H])c(F)c1C.[2H]c1c([2H])c([C@]2([2H])C([2H])([2H])[C@@]2([2H])Nc2nc(SC([2H])([2H])C([2H])([2H])C)nc3c2nnn3[C@]2([2H])C([2H])([2H])[C@]([2H])(OCC([2H])([2H])O)[C@@]([2H])(O)[C@@]2([2H])O)c([2H])c(F)c1C.[2H]c1c([2H])c([C@]2([2H])C([2H])([2H])[C@@]2([2H])Nc2nc(SC([2H])([2H])C([2H])([2H])C)nc3c2nnn3[C@]2([2H])C([2H])([2H])[C@]([2H])(OCCO)[C@@]([2H])(O)[C@@]2([2H])O)c([2H])c(F)c1C. The Balaban J connectivity index is 0.000000188. The molecule has 0 bridgehead atoms. The standard InChI is InChI=1S/4C24H31FN6O4S/c4*1-3-8-36-24-27-22(26-16-10-14(16)13-5-4-12(2)15(25)9-13)19-23(28-24)31(30-29-19)17-11-18(35-7-6-32)21(34)20(17)33/h4*4-5,9,14,16-18,20-21,32-34H,3,6-8,10-11H2,1-2H3,(H,26,27,28)/t4*14-,16+,17+,18-,20-,21+/m0000/s1/i3D2,4D,5D,6D2,7D2,8D2,9D,10D2,11D2,14D,16D,17D,18D,20D,21D;3D2,4D,5D,7D2,8D2,9D,10D2,11D2,14D,16D,17D,18D,20D,21D;3D2,4D,5D,6D2,8D2,9D,10D2,11D2,14D,16D,17D,18D,20D,21D;3D2,4D,5D,8D2,9D,10D2,11D2,14D,16D,17D,18D,20D,21D. The summed E-state index contributed by atoms with van der Waals surface area (Å²) in [5.74, 6) is -21.7. The zero-order valence-electron chi connectivity index (χ0n) is 150. The Kier molecular flexibility index (Phi) is 15.4. The molecule has 0 amide bonds. The van der Waals surface area contributed by atoms with E-state index in [1.54, 1.807) is 0 Å². The molecule has 20 rings (SSSR count). The number of anilines is 4. The van der Waals surface area contributed by atoms with Crippen molar-refractivity contribution in [1.29, 1.82) is 0 Å². The van der Waals surface area contributed by atoms with Gasteiger partial charge in [0.05, 0.1) is 156 Å². The van der Waals surface area contributed by atoms with Crippen LogP contribution in [-0.2, 0) is 18.9 Å². The Hall–Kier alpha value is -9.52. The van der Waals surface area contributed by atoms with Crippen molar-refractivity contribution in [2.45, 2.75) is 297 Å². The minimum atomic E-state index is -4.54. The van der Waals surface area contributed by atoms with E-state index in [2.05, 4.69) is 112 Å². The van der Waals surface area contributed by atoms with Gasteiger partial charge in [-0.15, -0.1) is 20.4 Å². The summed E-state index contributed by atoms with van der Waals surface area (Å²) in [5, 5.41) is 161. The minimum Gasteiger partial charge on any atom is -0.394 e. The molecule has 0 spiro atoms. The van der Waals surface area contributed by atoms with Crippen LogP contribution in [0, 0.1) is 51.0 Å². The highest BCUT2D eigenvalue weighted by Gasteiger charge is 2.51. The van der Waals surface area contributed by atoms with Crippen molar-refractivity contribution in [3.8, 4) is 0 Å². The van der Waals surface area contributed by atoms with E-state index in [1.165, 1.54) is 0 Å². The number of fused-ring (bicyclic) bond motifs is 4. The highest BCUT2D eigenvalue weighted by atomic mass is 32.2. The molecule has 8 aromatic heterocycles. The van der Waals surface area contributed by atoms with Crippen molar-refractivity contribution in [1.82, 2.24) is 99.8 Å². The minimum absolute atomic E-state index is 0.00183. The summed E-state index contributed by atoms with van der Waals surface area (Å²) in [6.07, 6.45) is -90.8. The van der Waals surface area contributed by atoms with Gasteiger partial charge in [0.2, 0.25) is 0 Å². The molecule has 12 aromatic rings. The number of nitrogens with zero attached hydrogens (tertiary/aromatic N) is 20. The third-order valence-corrected chi connectivity index (χ3v) is 21.7. The summed E-state index contributed by atoms with van der Waals surface area (Å²) < 4.78 is 715. The Morgan fingerprint density at radius 3 is 0.854 bits per heavy atom. The van der Waals surface area contributed by atoms with Gasteiger partial charge in [-0.1, -0.05) is 144 Å². The van der Waals surface area contributed by atoms with Crippen molar-refractivity contribution >= 4 is 115 Å². The predicted octanol–water partition coefficient (Wildman–Crippen LogP) is 8.73. The summed E-state index contributed by atoms with van der Waals surface area (Å²) in [6, 6.07) is -40.6. The molecule has 776 valence electrons. The molecule has 8 aliphatic rings. The number of benzene rings is 4. The average molecular weight is 2150 g/mol. The third-order valence-electron chi connectivity index (χ3n) is 19.1. The van der Waals surface area contributed by atoms with Gasteiger partial charge in [0.25, 0.3) is 0 Å². The second-order valence-corrected chi connectivity index (χ2v) is 31.5. The largest absolute Gasteiger partial charge is 0.394 e. The fraction of sp³-hybridized carbons (Fsp3) is 0.583. The number of rotatable bonds is 40. The molecule has 48 heteroatoms. The van der Waals surface area contributed by atoms with E-state index >= 15 is 13.2 Å². The molecule has 144 heavy (non-hydrogen) atoms. The van der Waals surface area contributed by atoms with Crippen molar-refractivity contribution in [3.05, 3.63) is 140 Å². The van der Waals surface area contributed by atoms with Crippen molar-refractivity contribution in [3.63, 3.8) is 0 Å². The quantitative estimate of drug-likeness (QED) is 0.00969. The Morgan fingerprint density at radius 2 is 0.611 bits per heavy atom. The normalized spacial score (nSPS) is 51.6. The third kappa shape index (κ3) is 23.8. The fourth-order valence-electron chi connectivity index (χ4n) is 12.1. The van der Waals surface area contributed by atoms with Crippen LogP contribution >= 0.6 is 47.0 Å². The van der Waals surface area contributed by atoms with Crippen LogP contribution in [0.3, 0.4) is 0 Å². The maximum Gasteiger partial charge on any atom is 0.191 e. The van der Waals surface area contributed by atoms with Gasteiger partial charge in [-0.05, 0) is 147 Å². The molecular weight excluding hydrogens is 1950 g/mol. The van der Waals surface area contributed by atoms with E-state index < -0.39 is 525 Å². The van der Waals surface area contributed by atoms with Crippen LogP contribution in [-0.4, -0.2) is 334 Å². The molecule has 4 aromatic carbocycles. The second kappa shape index (κ2) is 47.3. The predicted molar refractivity (Wildman–Crippen MR) is 530 cm³/mol. The summed E-state index contributed by atoms with van der Waals surface area (Å²) in [7, 11) is 0. The lowest BCUT2D eigenvalue weighted by molar-refractivity contribution is -0.0629. The number of ether oxygens (including phenoxy) is 4. The number of aliphatic hydroxyl groups is 12. The lowest BCUT2D eigenvalue weighted by Crippen LogP contribution is -2.33. The maximum atomic E-state index is 15.0. The van der Waals surface area contributed by atoms with Crippen LogP contribution in [0.1, 0.15) is 301 Å². The van der Waals surface area contributed by atoms with Gasteiger partial charge in [0, 0.05) is 145 Å². The van der Waals surface area contributed by atoms with E-state index in [9.17, 15) is 65.7 Å². The first-order chi connectivity index (χ1) is 97.7. The van der Waals surface area contributed by atoms with Gasteiger partial charge in [0.1, 0.15) is 71.9 Å². The summed E-state index contributed by atoms with van der Waals surface area (Å²) in [6.45, 7) is -12.7. The lowest BCUT2D eigenvalue weighted by atomic mass is 10.1. The van der Waals surface area contributed by atoms with Gasteiger partial charge in [0.15, 0.2) is 88.6 Å². The van der Waals surface area contributed by atoms with Crippen LogP contribution in [0.5, 0.6) is 0 Å². The van der Waals surface area contributed by atoms with Crippen LogP contribution < -0.4 is 21.3 Å². The van der Waals surface area contributed by atoms with Gasteiger partial charge >= 0.3 is 0 Å². The van der Waals surface area contributed by atoms with Crippen molar-refractivity contribution in [2.24, 2.45) is 0 Å². The van der Waals surface area contributed by atoms with E-state index in [-0.39, 0.29) is 65.8 Å². The number of halogens is 4. The first kappa shape index (κ1) is 46.7. The fourth-order valence-corrected chi connectivity index (χ4v) is 14.0. The Labute approximate surface area is 950 Å². The first-order valence-electron chi connectivity index (χ1n) is 78.4. The van der Waals surface area contributed by atoms with Crippen LogP contribution in [0.2, 0.25) is 0 Å². The van der Waals surface area contributed by atoms with E-state index in [4.69, 9.17) is 114 Å². The highest BCUT2D eigenvalue weighted by molar-refractivity contribution is 7.99. The van der Waals surface area contributed by atoms with Gasteiger partial charge in [-0.2, -0.15) is 0 Å². The Bertz CT molecular complexity index is 10600. The zero-order valence-corrected chi connectivity index (χ0v) is 77.2. The zero-order chi connectivity index (χ0) is 170. The number of hydrogen-bond acceptors (Lipinski definition) is 40. The molecule has 8 fully saturated rings. The molecule has 0 radical (unpaired) electrons. The summed E-state index contributed by atoms with van der Waals surface area (Å²) >= 11 is -0.385. The number of thioether (sulfide) groups is 4. The molecular formula is C96H124F4N24O16S4. The van der Waals surface area contributed by atoms with E-state index in [1.807, 2.05) is 0 Å². The molecule has 8 aliphatic carbocycles. The first-order valence-corrected chi connectivity index (χ1v) is 43.6. The maximum absolute atomic E-state index is 15.0. The molecule has 0 aliphatic heterocycles. The van der Waals surface area contributed by atoms with Crippen molar-refractivity contribution < 1.29 is 202 Å². The topological polar surface area (TPSA) is 554 Å². The van der Waals surface area contributed by atoms with E-state index in [0.717, 1.165) is 55.4 Å². The van der Waals surface area contributed by atoms with Crippen LogP contribution in [0.25, 0.3) is 44.7 Å². The van der Waals surface area contributed by atoms with Gasteiger partial charge < -0.3 is 101 Å². The van der Waals surface area contributed by atoms with Crippen molar-refractivity contribution in [2.75, 3.05) is 96.8 Å². The average Bonchev–Trinajstić information content (AvgIpc) is 1.46. The highest BCUT2D eigenvalue weighted by Crippen LogP contribution is 2.50. The van der Waals surface area contributed by atoms with Gasteiger partial charge in [-0.3, -0.25) is 0 Å². The monoisotopic (exact) mass is 2150 g/mol. The molecule has 8 heterocycles. The molecule has 24 atom stereocenters. The van der Waals surface area contributed by atoms with Crippen LogP contribution in [0.15, 0.2) is 93.1 Å². The number of aliphatic hydroxyl groups excluding tert-OH is 2. The summed E-state index contributed by atoms with van der Waals surface area (Å²) in [4.78, 5) is 31.5. The Morgan fingerprint density at radius 1 is 0.354 bits per heavy atom. The summed E-state index contributed by atoms with van der Waals surface area (Å²) in [5.41, 5.74) is -25.7. The molecule has 16 N–H and O–H groups in total. The smallest absolute Gasteiger partial charge is 0.191 e. The molecule has 40 nitrogen and oxygen atoms in total. The molecule has 0 unspecified atom stereocenters. The van der Waals surface area contributed by atoms with Gasteiger partial charge in [-0.25, -0.2) is 76.2 Å². The molecule has 0 saturated heterocycles.